The number of thiophene rings is 1. The van der Waals surface area contributed by atoms with Gasteiger partial charge in [-0.2, -0.15) is 0 Å². The molecule has 0 fully saturated rings. The molecule has 126 valence electrons. The molecule has 4 aromatic rings. The Kier molecular flexibility index (Phi) is 4.33. The molecular formula is C16H11FN4O2S2. The van der Waals surface area contributed by atoms with Gasteiger partial charge in [0.1, 0.15) is 5.82 Å². The molecule has 25 heavy (non-hydrogen) atoms. The zero-order chi connectivity index (χ0) is 17.2. The first-order valence-corrected chi connectivity index (χ1v) is 9.09. The van der Waals surface area contributed by atoms with Crippen LogP contribution in [0.3, 0.4) is 0 Å². The number of aromatic nitrogens is 4. The Morgan fingerprint density at radius 2 is 1.84 bits per heavy atom. The van der Waals surface area contributed by atoms with Crippen LogP contribution in [-0.2, 0) is 0 Å². The maximum atomic E-state index is 13.8. The minimum Gasteiger partial charge on any atom is -0.419 e. The van der Waals surface area contributed by atoms with Gasteiger partial charge >= 0.3 is 0 Å². The molecule has 0 aliphatic carbocycles. The Morgan fingerprint density at radius 1 is 1.00 bits per heavy atom. The molecule has 1 atom stereocenters. The third-order valence-electron chi connectivity index (χ3n) is 3.31. The van der Waals surface area contributed by atoms with Gasteiger partial charge in [0, 0.05) is 0 Å². The third-order valence-corrected chi connectivity index (χ3v) is 5.09. The summed E-state index contributed by atoms with van der Waals surface area (Å²) in [6.07, 6.45) is 0. The van der Waals surface area contributed by atoms with Gasteiger partial charge < -0.3 is 8.83 Å². The second kappa shape index (κ2) is 6.77. The van der Waals surface area contributed by atoms with Crippen LogP contribution in [0.5, 0.6) is 0 Å². The Balaban J connectivity index is 1.50. The summed E-state index contributed by atoms with van der Waals surface area (Å²) >= 11 is 2.80. The van der Waals surface area contributed by atoms with E-state index in [0.29, 0.717) is 17.0 Å². The lowest BCUT2D eigenvalue weighted by Gasteiger charge is -2.01. The van der Waals surface area contributed by atoms with Gasteiger partial charge in [0.2, 0.25) is 5.89 Å². The van der Waals surface area contributed by atoms with Crippen LogP contribution < -0.4 is 0 Å². The lowest BCUT2D eigenvalue weighted by molar-refractivity contribution is 0.458. The van der Waals surface area contributed by atoms with Crippen LogP contribution in [0.2, 0.25) is 0 Å². The van der Waals surface area contributed by atoms with Crippen molar-refractivity contribution >= 4 is 23.1 Å². The summed E-state index contributed by atoms with van der Waals surface area (Å²) in [6.45, 7) is 1.89. The normalized spacial score (nSPS) is 12.4. The van der Waals surface area contributed by atoms with Gasteiger partial charge in [0.15, 0.2) is 0 Å². The van der Waals surface area contributed by atoms with Crippen molar-refractivity contribution in [2.45, 2.75) is 17.4 Å². The van der Waals surface area contributed by atoms with Crippen LogP contribution >= 0.6 is 23.1 Å². The highest BCUT2D eigenvalue weighted by molar-refractivity contribution is 7.99. The van der Waals surface area contributed by atoms with Crippen molar-refractivity contribution in [3.63, 3.8) is 0 Å². The lowest BCUT2D eigenvalue weighted by atomic mass is 10.2. The topological polar surface area (TPSA) is 77.8 Å². The number of nitrogens with zero attached hydrogens (tertiary/aromatic N) is 4. The molecule has 3 heterocycles. The first kappa shape index (κ1) is 16.0. The Morgan fingerprint density at radius 3 is 2.64 bits per heavy atom. The molecule has 0 unspecified atom stereocenters. The summed E-state index contributed by atoms with van der Waals surface area (Å²) in [5, 5.41) is 18.0. The molecule has 0 bridgehead atoms. The van der Waals surface area contributed by atoms with Gasteiger partial charge in [-0.1, -0.05) is 30.0 Å². The zero-order valence-electron chi connectivity index (χ0n) is 12.9. The van der Waals surface area contributed by atoms with Crippen LogP contribution in [-0.4, -0.2) is 20.4 Å². The van der Waals surface area contributed by atoms with Gasteiger partial charge in [-0.05, 0) is 30.5 Å². The Labute approximate surface area is 150 Å². The minimum atomic E-state index is -0.409. The van der Waals surface area contributed by atoms with Gasteiger partial charge in [-0.3, -0.25) is 0 Å². The van der Waals surface area contributed by atoms with E-state index in [1.165, 1.54) is 29.2 Å². The van der Waals surface area contributed by atoms with Crippen LogP contribution in [0, 0.1) is 5.82 Å². The fourth-order valence-corrected chi connectivity index (χ4v) is 3.46. The van der Waals surface area contributed by atoms with E-state index in [4.69, 9.17) is 8.83 Å². The summed E-state index contributed by atoms with van der Waals surface area (Å²) < 4.78 is 25.0. The van der Waals surface area contributed by atoms with E-state index < -0.39 is 5.82 Å². The standard InChI is InChI=1S/C16H11FN4O2S2/c1-9(13-18-20-15(22-13)12-7-4-8-24-12)25-16-21-19-14(23-16)10-5-2-3-6-11(10)17/h2-9H,1H3/t9-/m0/s1. The van der Waals surface area contributed by atoms with Crippen LogP contribution in [0.1, 0.15) is 18.1 Å². The van der Waals surface area contributed by atoms with Gasteiger partial charge in [0.05, 0.1) is 15.7 Å². The van der Waals surface area contributed by atoms with E-state index >= 15 is 0 Å². The number of halogens is 1. The summed E-state index contributed by atoms with van der Waals surface area (Å²) in [4.78, 5) is 0.913. The van der Waals surface area contributed by atoms with Crippen molar-refractivity contribution in [3.8, 4) is 22.2 Å². The maximum Gasteiger partial charge on any atom is 0.277 e. The van der Waals surface area contributed by atoms with Crippen LogP contribution in [0.15, 0.2) is 55.8 Å². The van der Waals surface area contributed by atoms with Gasteiger partial charge in [-0.15, -0.1) is 31.7 Å². The second-order valence-electron chi connectivity index (χ2n) is 5.04. The minimum absolute atomic E-state index is 0.137. The molecule has 0 amide bonds. The molecule has 9 heteroatoms. The van der Waals surface area contributed by atoms with Crippen molar-refractivity contribution in [2.75, 3.05) is 0 Å². The molecule has 0 spiro atoms. The highest BCUT2D eigenvalue weighted by Gasteiger charge is 2.20. The quantitative estimate of drug-likeness (QED) is 0.462. The first-order valence-electron chi connectivity index (χ1n) is 7.33. The molecule has 3 aromatic heterocycles. The lowest BCUT2D eigenvalue weighted by Crippen LogP contribution is -1.88. The average molecular weight is 374 g/mol. The largest absolute Gasteiger partial charge is 0.419 e. The fourth-order valence-electron chi connectivity index (χ4n) is 2.10. The predicted molar refractivity (Wildman–Crippen MR) is 91.6 cm³/mol. The zero-order valence-corrected chi connectivity index (χ0v) is 14.6. The second-order valence-corrected chi connectivity index (χ2v) is 7.28. The monoisotopic (exact) mass is 374 g/mol. The molecule has 4 rings (SSSR count). The molecule has 0 aliphatic rings. The van der Waals surface area contributed by atoms with E-state index in [1.807, 2.05) is 24.4 Å². The smallest absolute Gasteiger partial charge is 0.277 e. The number of hydrogen-bond donors (Lipinski definition) is 0. The number of thioether (sulfide) groups is 1. The van der Waals surface area contributed by atoms with Gasteiger partial charge in [-0.25, -0.2) is 4.39 Å². The van der Waals surface area contributed by atoms with Gasteiger partial charge in [0.25, 0.3) is 17.0 Å². The Hall–Kier alpha value is -2.52. The molecule has 0 saturated carbocycles. The molecule has 0 radical (unpaired) electrons. The predicted octanol–water partition coefficient (Wildman–Crippen LogP) is 4.84. The molecule has 6 nitrogen and oxygen atoms in total. The molecule has 0 saturated heterocycles. The molecule has 0 aliphatic heterocycles. The summed E-state index contributed by atoms with van der Waals surface area (Å²) in [5.74, 6) is 0.667. The average Bonchev–Trinajstić information content (AvgIpc) is 3.36. The number of hydrogen-bond acceptors (Lipinski definition) is 8. The molecule has 0 N–H and O–H groups in total. The number of rotatable bonds is 5. The maximum absolute atomic E-state index is 13.8. The van der Waals surface area contributed by atoms with Crippen molar-refractivity contribution in [3.05, 3.63) is 53.5 Å². The van der Waals surface area contributed by atoms with Crippen LogP contribution in [0.25, 0.3) is 22.2 Å². The molecule has 1 aromatic carbocycles. The van der Waals surface area contributed by atoms with Crippen molar-refractivity contribution in [1.82, 2.24) is 20.4 Å². The highest BCUT2D eigenvalue weighted by Crippen LogP contribution is 2.36. The first-order chi connectivity index (χ1) is 12.2. The molecular weight excluding hydrogens is 363 g/mol. The van der Waals surface area contributed by atoms with E-state index in [9.17, 15) is 4.39 Å². The Bertz CT molecular complexity index is 984. The summed E-state index contributed by atoms with van der Waals surface area (Å²) in [7, 11) is 0. The van der Waals surface area contributed by atoms with Crippen LogP contribution in [0.4, 0.5) is 4.39 Å². The van der Waals surface area contributed by atoms with E-state index in [1.54, 1.807) is 18.2 Å². The van der Waals surface area contributed by atoms with Crippen molar-refractivity contribution in [2.24, 2.45) is 0 Å². The van der Waals surface area contributed by atoms with Crippen molar-refractivity contribution in [1.29, 1.82) is 0 Å². The van der Waals surface area contributed by atoms with Crippen molar-refractivity contribution < 1.29 is 13.2 Å². The van der Waals surface area contributed by atoms with E-state index in [-0.39, 0.29) is 16.7 Å². The third kappa shape index (κ3) is 3.33. The summed E-state index contributed by atoms with van der Waals surface area (Å²) in [5.41, 5.74) is 0.271. The summed E-state index contributed by atoms with van der Waals surface area (Å²) in [6, 6.07) is 10.1. The highest BCUT2D eigenvalue weighted by atomic mass is 32.2. The number of benzene rings is 1. The SMILES string of the molecule is C[C@H](Sc1nnc(-c2ccccc2F)o1)c1nnc(-c2cccs2)o1. The fraction of sp³-hybridized carbons (Fsp3) is 0.125. The van der Waals surface area contributed by atoms with E-state index in [2.05, 4.69) is 20.4 Å². The van der Waals surface area contributed by atoms with E-state index in [0.717, 1.165) is 4.88 Å².